The molecule has 3 aromatic rings. The third-order valence-corrected chi connectivity index (χ3v) is 4.49. The summed E-state index contributed by atoms with van der Waals surface area (Å²) in [6.45, 7) is 1.50. The molecule has 1 amide bonds. The summed E-state index contributed by atoms with van der Waals surface area (Å²) in [5.41, 5.74) is 1.21. The molecule has 0 bridgehead atoms. The maximum Gasteiger partial charge on any atom is 0.275 e. The van der Waals surface area contributed by atoms with E-state index in [1.807, 2.05) is 18.2 Å². The molecule has 0 spiro atoms. The summed E-state index contributed by atoms with van der Waals surface area (Å²) in [4.78, 5) is 26.8. The fourth-order valence-electron chi connectivity index (χ4n) is 3.06. The van der Waals surface area contributed by atoms with Crippen LogP contribution in [0.4, 0.5) is 0 Å². The van der Waals surface area contributed by atoms with Crippen molar-refractivity contribution in [3.63, 3.8) is 0 Å². The van der Waals surface area contributed by atoms with E-state index in [0.717, 1.165) is 12.8 Å². The maximum absolute atomic E-state index is 13.1. The van der Waals surface area contributed by atoms with Gasteiger partial charge >= 0.3 is 0 Å². The van der Waals surface area contributed by atoms with Crippen LogP contribution < -0.4 is 5.56 Å². The number of carbonyl (C=O) groups excluding carboxylic acids is 1. The van der Waals surface area contributed by atoms with Crippen LogP contribution in [-0.2, 0) is 11.2 Å². The van der Waals surface area contributed by atoms with Crippen molar-refractivity contribution >= 4 is 16.7 Å². The predicted octanol–water partition coefficient (Wildman–Crippen LogP) is 2.64. The van der Waals surface area contributed by atoms with Crippen molar-refractivity contribution in [2.24, 2.45) is 0 Å². The van der Waals surface area contributed by atoms with Crippen molar-refractivity contribution in [3.8, 4) is 0 Å². The van der Waals surface area contributed by atoms with Crippen LogP contribution in [0.5, 0.6) is 0 Å². The number of H-pyrrole nitrogens is 1. The Bertz CT molecular complexity index is 954. The van der Waals surface area contributed by atoms with E-state index >= 15 is 0 Å². The standard InChI is InChI=1S/C21H23N3O3/c1-27-15-14-24(13-7-10-16-8-3-2-4-9-16)21(26)19-17-11-5-6-12-18(17)20(25)23-22-19/h2-6,8-9,11-12H,7,10,13-15H2,1H3,(H,23,25). The molecule has 0 atom stereocenters. The average Bonchev–Trinajstić information content (AvgIpc) is 2.71. The lowest BCUT2D eigenvalue weighted by atomic mass is 10.1. The minimum Gasteiger partial charge on any atom is -0.383 e. The molecule has 6 heteroatoms. The normalized spacial score (nSPS) is 10.9. The molecule has 0 aliphatic heterocycles. The highest BCUT2D eigenvalue weighted by Gasteiger charge is 2.20. The van der Waals surface area contributed by atoms with Crippen LogP contribution in [0.1, 0.15) is 22.5 Å². The van der Waals surface area contributed by atoms with Gasteiger partial charge in [-0.15, -0.1) is 0 Å². The van der Waals surface area contributed by atoms with Crippen molar-refractivity contribution in [3.05, 3.63) is 76.2 Å². The zero-order valence-corrected chi connectivity index (χ0v) is 15.4. The van der Waals surface area contributed by atoms with Crippen molar-refractivity contribution in [2.75, 3.05) is 26.8 Å². The van der Waals surface area contributed by atoms with E-state index in [-0.39, 0.29) is 17.2 Å². The van der Waals surface area contributed by atoms with Crippen LogP contribution in [0.2, 0.25) is 0 Å². The van der Waals surface area contributed by atoms with E-state index in [1.165, 1.54) is 5.56 Å². The minimum atomic E-state index is -0.297. The molecule has 0 fully saturated rings. The minimum absolute atomic E-state index is 0.201. The first-order chi connectivity index (χ1) is 13.2. The summed E-state index contributed by atoms with van der Waals surface area (Å²) < 4.78 is 5.16. The van der Waals surface area contributed by atoms with Crippen molar-refractivity contribution < 1.29 is 9.53 Å². The van der Waals surface area contributed by atoms with Crippen LogP contribution in [-0.4, -0.2) is 47.8 Å². The zero-order chi connectivity index (χ0) is 19.1. The Labute approximate surface area is 157 Å². The lowest BCUT2D eigenvalue weighted by Gasteiger charge is -2.22. The smallest absolute Gasteiger partial charge is 0.275 e. The number of carbonyl (C=O) groups is 1. The molecular weight excluding hydrogens is 342 g/mol. The van der Waals surface area contributed by atoms with E-state index in [9.17, 15) is 9.59 Å². The monoisotopic (exact) mass is 365 g/mol. The molecule has 0 saturated carbocycles. The molecule has 0 radical (unpaired) electrons. The summed E-state index contributed by atoms with van der Waals surface area (Å²) in [5, 5.41) is 7.50. The van der Waals surface area contributed by atoms with Gasteiger partial charge in [0.15, 0.2) is 5.69 Å². The third kappa shape index (κ3) is 4.60. The first-order valence-electron chi connectivity index (χ1n) is 9.00. The summed E-state index contributed by atoms with van der Waals surface area (Å²) >= 11 is 0. The number of benzene rings is 2. The number of aryl methyl sites for hydroxylation is 1. The summed E-state index contributed by atoms with van der Waals surface area (Å²) in [5.74, 6) is -0.201. The topological polar surface area (TPSA) is 75.3 Å². The van der Waals surface area contributed by atoms with Gasteiger partial charge in [0.25, 0.3) is 11.5 Å². The van der Waals surface area contributed by atoms with Gasteiger partial charge < -0.3 is 9.64 Å². The lowest BCUT2D eigenvalue weighted by Crippen LogP contribution is -2.36. The molecule has 1 heterocycles. The van der Waals surface area contributed by atoms with Crippen molar-refractivity contribution in [2.45, 2.75) is 12.8 Å². The van der Waals surface area contributed by atoms with Crippen molar-refractivity contribution in [1.29, 1.82) is 0 Å². The van der Waals surface area contributed by atoms with Gasteiger partial charge in [0.1, 0.15) is 0 Å². The Morgan fingerprint density at radius 3 is 2.48 bits per heavy atom. The number of rotatable bonds is 8. The highest BCUT2D eigenvalue weighted by atomic mass is 16.5. The van der Waals surface area contributed by atoms with E-state index in [0.29, 0.717) is 30.5 Å². The molecule has 2 aromatic carbocycles. The van der Waals surface area contributed by atoms with E-state index in [4.69, 9.17) is 4.74 Å². The predicted molar refractivity (Wildman–Crippen MR) is 105 cm³/mol. The van der Waals surface area contributed by atoms with Gasteiger partial charge in [-0.25, -0.2) is 5.10 Å². The van der Waals surface area contributed by atoms with Crippen LogP contribution in [0.25, 0.3) is 10.8 Å². The fraction of sp³-hybridized carbons (Fsp3) is 0.286. The molecule has 1 aromatic heterocycles. The molecule has 27 heavy (non-hydrogen) atoms. The lowest BCUT2D eigenvalue weighted by molar-refractivity contribution is 0.0688. The number of nitrogens with zero attached hydrogens (tertiary/aromatic N) is 2. The Balaban J connectivity index is 1.79. The molecular formula is C21H23N3O3. The van der Waals surface area contributed by atoms with Gasteiger partial charge in [0.05, 0.1) is 12.0 Å². The molecule has 0 aliphatic rings. The first-order valence-corrected chi connectivity index (χ1v) is 9.00. The summed E-state index contributed by atoms with van der Waals surface area (Å²) in [7, 11) is 1.61. The number of amides is 1. The van der Waals surface area contributed by atoms with Crippen molar-refractivity contribution in [1.82, 2.24) is 15.1 Å². The van der Waals surface area contributed by atoms with Gasteiger partial charge in [0.2, 0.25) is 0 Å². The van der Waals surface area contributed by atoms with Gasteiger partial charge in [-0.05, 0) is 24.5 Å². The molecule has 0 saturated heterocycles. The Hall–Kier alpha value is -2.99. The van der Waals surface area contributed by atoms with Crippen LogP contribution in [0.3, 0.4) is 0 Å². The zero-order valence-electron chi connectivity index (χ0n) is 15.4. The molecule has 140 valence electrons. The number of hydrogen-bond acceptors (Lipinski definition) is 4. The summed E-state index contributed by atoms with van der Waals surface area (Å²) in [6, 6.07) is 17.2. The number of hydrogen-bond donors (Lipinski definition) is 1. The quantitative estimate of drug-likeness (QED) is 0.666. The number of methoxy groups -OCH3 is 1. The van der Waals surface area contributed by atoms with E-state index in [1.54, 1.807) is 36.3 Å². The Morgan fingerprint density at radius 1 is 1.04 bits per heavy atom. The number of ether oxygens (including phenoxy) is 1. The molecule has 6 nitrogen and oxygen atoms in total. The van der Waals surface area contributed by atoms with Crippen LogP contribution in [0.15, 0.2) is 59.4 Å². The molecule has 0 aliphatic carbocycles. The average molecular weight is 365 g/mol. The number of nitrogens with one attached hydrogen (secondary N) is 1. The van der Waals surface area contributed by atoms with E-state index in [2.05, 4.69) is 22.3 Å². The molecule has 0 unspecified atom stereocenters. The van der Waals surface area contributed by atoms with Crippen LogP contribution in [0, 0.1) is 0 Å². The number of aromatic amines is 1. The van der Waals surface area contributed by atoms with Gasteiger partial charge in [-0.2, -0.15) is 5.10 Å². The van der Waals surface area contributed by atoms with Crippen LogP contribution >= 0.6 is 0 Å². The SMILES string of the molecule is COCCN(CCCc1ccccc1)C(=O)c1n[nH]c(=O)c2ccccc12. The fourth-order valence-corrected chi connectivity index (χ4v) is 3.06. The highest BCUT2D eigenvalue weighted by molar-refractivity contribution is 6.04. The number of aromatic nitrogens is 2. The highest BCUT2D eigenvalue weighted by Crippen LogP contribution is 2.15. The van der Waals surface area contributed by atoms with Gasteiger partial charge in [-0.1, -0.05) is 48.5 Å². The first kappa shape index (κ1) is 18.8. The summed E-state index contributed by atoms with van der Waals surface area (Å²) in [6.07, 6.45) is 1.72. The molecule has 3 rings (SSSR count). The third-order valence-electron chi connectivity index (χ3n) is 4.49. The largest absolute Gasteiger partial charge is 0.383 e. The second-order valence-corrected chi connectivity index (χ2v) is 6.32. The maximum atomic E-state index is 13.1. The number of fused-ring (bicyclic) bond motifs is 1. The Morgan fingerprint density at radius 2 is 1.74 bits per heavy atom. The molecule has 1 N–H and O–H groups in total. The second-order valence-electron chi connectivity index (χ2n) is 6.32. The second kappa shape index (κ2) is 9.09. The Kier molecular flexibility index (Phi) is 6.33. The van der Waals surface area contributed by atoms with E-state index < -0.39 is 0 Å². The van der Waals surface area contributed by atoms with Gasteiger partial charge in [-0.3, -0.25) is 9.59 Å². The van der Waals surface area contributed by atoms with Gasteiger partial charge in [0, 0.05) is 25.6 Å².